The van der Waals surface area contributed by atoms with E-state index in [1.807, 2.05) is 29.1 Å². The van der Waals surface area contributed by atoms with Crippen LogP contribution in [-0.4, -0.2) is 19.2 Å². The average Bonchev–Trinajstić information content (AvgIpc) is 3.26. The molecule has 4 rings (SSSR count). The van der Waals surface area contributed by atoms with E-state index in [9.17, 15) is 5.11 Å². The van der Waals surface area contributed by atoms with E-state index in [0.29, 0.717) is 5.75 Å². The predicted octanol–water partition coefficient (Wildman–Crippen LogP) is 5.03. The first-order valence-electron chi connectivity index (χ1n) is 9.12. The molecule has 0 spiro atoms. The number of nitrogens with zero attached hydrogens (tertiary/aromatic N) is 3. The Morgan fingerprint density at radius 2 is 1.50 bits per heavy atom. The first-order valence-corrected chi connectivity index (χ1v) is 9.12. The molecule has 126 valence electrons. The van der Waals surface area contributed by atoms with Crippen molar-refractivity contribution in [3.63, 3.8) is 0 Å². The third kappa shape index (κ3) is 2.56. The van der Waals surface area contributed by atoms with Crippen molar-refractivity contribution in [1.29, 1.82) is 0 Å². The van der Waals surface area contributed by atoms with Crippen LogP contribution < -0.4 is 0 Å². The third-order valence-electron chi connectivity index (χ3n) is 4.89. The second kappa shape index (κ2) is 6.27. The molecule has 0 radical (unpaired) electrons. The minimum atomic E-state index is 0.335. The molecule has 1 N–H and O–H groups in total. The van der Waals surface area contributed by atoms with Gasteiger partial charge in [-0.3, -0.25) is 0 Å². The van der Waals surface area contributed by atoms with Crippen LogP contribution in [-0.2, 0) is 6.42 Å². The average molecular weight is 323 g/mol. The highest BCUT2D eigenvalue weighted by Crippen LogP contribution is 2.31. The summed E-state index contributed by atoms with van der Waals surface area (Å²) in [5.74, 6) is 0.335. The van der Waals surface area contributed by atoms with Crippen LogP contribution in [0.4, 0.5) is 0 Å². The van der Waals surface area contributed by atoms with Gasteiger partial charge in [-0.15, -0.1) is 14.1 Å². The smallest absolute Gasteiger partial charge is 0.143 e. The van der Waals surface area contributed by atoms with Crippen LogP contribution in [0.15, 0.2) is 42.5 Å². The van der Waals surface area contributed by atoms with Gasteiger partial charge in [0.05, 0.1) is 0 Å². The fourth-order valence-electron chi connectivity index (χ4n) is 3.49. The van der Waals surface area contributed by atoms with E-state index < -0.39 is 0 Å². The number of fused-ring (bicyclic) bond motifs is 4. The van der Waals surface area contributed by atoms with Crippen LogP contribution in [0, 0.1) is 0 Å². The summed E-state index contributed by atoms with van der Waals surface area (Å²) >= 11 is 0. The molecule has 2 heterocycles. The molecule has 0 fully saturated rings. The van der Waals surface area contributed by atoms with Gasteiger partial charge < -0.3 is 5.11 Å². The van der Waals surface area contributed by atoms with Gasteiger partial charge in [-0.1, -0.05) is 57.2 Å². The summed E-state index contributed by atoms with van der Waals surface area (Å²) < 4.78 is 4.16. The van der Waals surface area contributed by atoms with Crippen LogP contribution >= 0.6 is 0 Å². The van der Waals surface area contributed by atoms with Crippen molar-refractivity contribution in [3.05, 3.63) is 48.0 Å². The van der Waals surface area contributed by atoms with Crippen molar-refractivity contribution in [2.75, 3.05) is 0 Å². The largest absolute Gasteiger partial charge is 0.506 e. The van der Waals surface area contributed by atoms with E-state index in [-0.39, 0.29) is 0 Å². The second-order valence-electron chi connectivity index (χ2n) is 6.70. The summed E-state index contributed by atoms with van der Waals surface area (Å²) in [5, 5.41) is 10.3. The highest BCUT2D eigenvalue weighted by atomic mass is 16.3. The maximum absolute atomic E-state index is 10.3. The molecule has 2 aromatic heterocycles. The minimum absolute atomic E-state index is 0.335. The summed E-state index contributed by atoms with van der Waals surface area (Å²) in [5.41, 5.74) is 4.56. The van der Waals surface area contributed by atoms with E-state index in [1.165, 1.54) is 55.1 Å². The number of para-hydroxylation sites is 2. The summed E-state index contributed by atoms with van der Waals surface area (Å²) in [6, 6.07) is 14.3. The van der Waals surface area contributed by atoms with E-state index in [4.69, 9.17) is 0 Å². The van der Waals surface area contributed by atoms with Crippen molar-refractivity contribution >= 4 is 11.0 Å². The van der Waals surface area contributed by atoms with Crippen molar-refractivity contribution in [3.8, 4) is 11.4 Å². The zero-order valence-electron chi connectivity index (χ0n) is 14.3. The molecule has 0 aliphatic carbocycles. The quantitative estimate of drug-likeness (QED) is 0.453. The zero-order chi connectivity index (χ0) is 16.5. The molecule has 4 heteroatoms. The monoisotopic (exact) mass is 323 g/mol. The molecule has 0 atom stereocenters. The van der Waals surface area contributed by atoms with Gasteiger partial charge in [-0.25, -0.2) is 0 Å². The number of aryl methyl sites for hydroxylation is 1. The number of phenolic OH excluding ortho intramolecular Hbond substituents is 1. The lowest BCUT2D eigenvalue weighted by atomic mass is 10.0. The number of rotatable bonds is 8. The predicted molar refractivity (Wildman–Crippen MR) is 97.6 cm³/mol. The number of hydrogen-bond donors (Lipinski definition) is 1. The number of phenols is 1. The number of unbranched alkanes of at least 4 members (excludes halogenated alkanes) is 5. The lowest BCUT2D eigenvalue weighted by Gasteiger charge is -2.05. The van der Waals surface area contributed by atoms with Gasteiger partial charge in [0.15, 0.2) is 0 Å². The van der Waals surface area contributed by atoms with Gasteiger partial charge in [0.2, 0.25) is 0 Å². The maximum atomic E-state index is 10.3. The summed E-state index contributed by atoms with van der Waals surface area (Å²) in [6.07, 6.45) is 8.94. The summed E-state index contributed by atoms with van der Waals surface area (Å²) in [4.78, 5) is 2.03. The molecular formula is C20H25N3O. The molecule has 0 saturated heterocycles. The third-order valence-corrected chi connectivity index (χ3v) is 4.89. The molecule has 0 bridgehead atoms. The molecular weight excluding hydrogens is 298 g/mol. The number of aromatic nitrogens is 3. The van der Waals surface area contributed by atoms with Crippen LogP contribution in [0.1, 0.15) is 51.0 Å². The van der Waals surface area contributed by atoms with Gasteiger partial charge in [0.25, 0.3) is 0 Å². The van der Waals surface area contributed by atoms with Crippen molar-refractivity contribution in [1.82, 2.24) is 14.1 Å². The Morgan fingerprint density at radius 3 is 2.21 bits per heavy atom. The number of hydrogen-bond acceptors (Lipinski definition) is 1. The molecule has 0 aliphatic rings. The number of aromatic hydroxyl groups is 1. The highest BCUT2D eigenvalue weighted by molar-refractivity contribution is 5.79. The van der Waals surface area contributed by atoms with Crippen LogP contribution in [0.25, 0.3) is 16.7 Å². The Labute approximate surface area is 142 Å². The molecule has 0 unspecified atom stereocenters. The molecule has 0 aliphatic heterocycles. The van der Waals surface area contributed by atoms with E-state index in [0.717, 1.165) is 12.1 Å². The Morgan fingerprint density at radius 1 is 0.833 bits per heavy atom. The van der Waals surface area contributed by atoms with Crippen molar-refractivity contribution in [2.45, 2.75) is 51.9 Å². The summed E-state index contributed by atoms with van der Waals surface area (Å²) in [6.45, 7) is 2.25. The Hall–Kier alpha value is -2.36. The second-order valence-corrected chi connectivity index (χ2v) is 6.70. The maximum Gasteiger partial charge on any atom is 0.143 e. The van der Waals surface area contributed by atoms with E-state index in [2.05, 4.69) is 34.4 Å². The number of benzene rings is 2. The Bertz CT molecular complexity index is 885. The first kappa shape index (κ1) is 15.2. The lowest BCUT2D eigenvalue weighted by Crippen LogP contribution is -1.92. The highest BCUT2D eigenvalue weighted by Gasteiger charge is 2.25. The van der Waals surface area contributed by atoms with Gasteiger partial charge in [0.1, 0.15) is 22.5 Å². The van der Waals surface area contributed by atoms with E-state index >= 15 is 0 Å². The first-order chi connectivity index (χ1) is 11.8. The molecule has 4 aromatic rings. The van der Waals surface area contributed by atoms with Crippen LogP contribution in [0.5, 0.6) is 5.75 Å². The molecule has 4 nitrogen and oxygen atoms in total. The fraction of sp³-hybridized carbons (Fsp3) is 0.400. The standard InChI is InChI=1S/C20H25N3O/c1-2-3-4-5-6-7-10-16-13-14-20(24)19(15-16)23-21-17-11-8-9-12-18(17)22(21)23/h8-9,11-15,24H,2-7,10H2,1H3. The van der Waals surface area contributed by atoms with Crippen LogP contribution in [0.3, 0.4) is 0 Å². The van der Waals surface area contributed by atoms with Gasteiger partial charge >= 0.3 is 0 Å². The SMILES string of the molecule is CCCCCCCCc1ccc(O)c(-n2n3c4ccccc4n23)c1. The fourth-order valence-corrected chi connectivity index (χ4v) is 3.49. The minimum Gasteiger partial charge on any atom is -0.506 e. The van der Waals surface area contributed by atoms with Gasteiger partial charge in [0, 0.05) is 0 Å². The topological polar surface area (TPSA) is 34.0 Å². The van der Waals surface area contributed by atoms with E-state index in [1.54, 1.807) is 0 Å². The Kier molecular flexibility index (Phi) is 3.97. The molecule has 2 aromatic carbocycles. The summed E-state index contributed by atoms with van der Waals surface area (Å²) in [7, 11) is 0. The Balaban J connectivity index is 1.47. The lowest BCUT2D eigenvalue weighted by molar-refractivity contribution is 0.471. The molecule has 0 amide bonds. The molecule has 0 saturated carbocycles. The van der Waals surface area contributed by atoms with Crippen LogP contribution in [0.2, 0.25) is 0 Å². The normalized spacial score (nSPS) is 12.0. The van der Waals surface area contributed by atoms with Crippen molar-refractivity contribution in [2.24, 2.45) is 0 Å². The van der Waals surface area contributed by atoms with Gasteiger partial charge in [-0.2, -0.15) is 0 Å². The molecule has 24 heavy (non-hydrogen) atoms. The van der Waals surface area contributed by atoms with Crippen molar-refractivity contribution < 1.29 is 5.11 Å². The van der Waals surface area contributed by atoms with Gasteiger partial charge in [-0.05, 0) is 42.7 Å². The zero-order valence-corrected chi connectivity index (χ0v) is 14.3.